The van der Waals surface area contributed by atoms with Gasteiger partial charge < -0.3 is 20.4 Å². The SMILES string of the molecule is Nc1cc2oc(=O)[nH]c2cc1NCC(=O)N1CCCCC1. The standard InChI is InChI=1S/C14H18N4O3/c15-9-6-12-11(17-14(20)21-12)7-10(9)16-8-13(19)18-4-2-1-3-5-18/h6-7,16H,1-5,8,15H2,(H,17,20). The fourth-order valence-electron chi connectivity index (χ4n) is 2.59. The van der Waals surface area contributed by atoms with Crippen molar-refractivity contribution in [2.24, 2.45) is 0 Å². The van der Waals surface area contributed by atoms with Crippen LogP contribution in [-0.4, -0.2) is 35.4 Å². The lowest BCUT2D eigenvalue weighted by molar-refractivity contribution is -0.130. The number of fused-ring (bicyclic) bond motifs is 1. The van der Waals surface area contributed by atoms with Crippen molar-refractivity contribution in [1.82, 2.24) is 9.88 Å². The number of benzene rings is 1. The second kappa shape index (κ2) is 5.51. The minimum absolute atomic E-state index is 0.0647. The van der Waals surface area contributed by atoms with Gasteiger partial charge in [-0.1, -0.05) is 0 Å². The number of likely N-dealkylation sites (tertiary alicyclic amines) is 1. The van der Waals surface area contributed by atoms with Gasteiger partial charge in [-0.2, -0.15) is 0 Å². The van der Waals surface area contributed by atoms with Crippen LogP contribution in [0, 0.1) is 0 Å². The fraction of sp³-hybridized carbons (Fsp3) is 0.429. The molecular formula is C14H18N4O3. The minimum atomic E-state index is -0.522. The second-order valence-corrected chi connectivity index (χ2v) is 5.25. The molecule has 1 fully saturated rings. The van der Waals surface area contributed by atoms with Gasteiger partial charge in [0.05, 0.1) is 23.4 Å². The van der Waals surface area contributed by atoms with Crippen LogP contribution in [0.5, 0.6) is 0 Å². The van der Waals surface area contributed by atoms with E-state index in [9.17, 15) is 9.59 Å². The van der Waals surface area contributed by atoms with Crippen molar-refractivity contribution in [2.45, 2.75) is 19.3 Å². The molecule has 112 valence electrons. The summed E-state index contributed by atoms with van der Waals surface area (Å²) < 4.78 is 4.93. The first-order chi connectivity index (χ1) is 10.1. The Bertz CT molecular complexity index is 713. The third-order valence-electron chi connectivity index (χ3n) is 3.73. The van der Waals surface area contributed by atoms with Gasteiger partial charge in [0.2, 0.25) is 5.91 Å². The van der Waals surface area contributed by atoms with Crippen LogP contribution in [0.25, 0.3) is 11.1 Å². The number of amides is 1. The van der Waals surface area contributed by atoms with E-state index in [0.717, 1.165) is 25.9 Å². The largest absolute Gasteiger partial charge is 0.417 e. The van der Waals surface area contributed by atoms with E-state index in [1.807, 2.05) is 4.90 Å². The molecule has 0 bridgehead atoms. The van der Waals surface area contributed by atoms with Gasteiger partial charge in [0.1, 0.15) is 0 Å². The molecular weight excluding hydrogens is 272 g/mol. The highest BCUT2D eigenvalue weighted by atomic mass is 16.4. The number of H-pyrrole nitrogens is 1. The van der Waals surface area contributed by atoms with Crippen LogP contribution in [-0.2, 0) is 4.79 Å². The number of hydrogen-bond acceptors (Lipinski definition) is 5. The average Bonchev–Trinajstić information content (AvgIpc) is 2.84. The number of hydrogen-bond donors (Lipinski definition) is 3. The fourth-order valence-corrected chi connectivity index (χ4v) is 2.59. The highest BCUT2D eigenvalue weighted by Crippen LogP contribution is 2.24. The van der Waals surface area contributed by atoms with Gasteiger partial charge in [-0.05, 0) is 25.3 Å². The van der Waals surface area contributed by atoms with Crippen LogP contribution < -0.4 is 16.8 Å². The Morgan fingerprint density at radius 3 is 2.86 bits per heavy atom. The lowest BCUT2D eigenvalue weighted by Gasteiger charge is -2.27. The molecule has 1 saturated heterocycles. The Labute approximate surface area is 121 Å². The third-order valence-corrected chi connectivity index (χ3v) is 3.73. The molecule has 1 aliphatic rings. The van der Waals surface area contributed by atoms with Crippen molar-refractivity contribution in [3.05, 3.63) is 22.7 Å². The Morgan fingerprint density at radius 1 is 1.33 bits per heavy atom. The van der Waals surface area contributed by atoms with E-state index < -0.39 is 5.76 Å². The van der Waals surface area contributed by atoms with E-state index in [-0.39, 0.29) is 12.5 Å². The number of nitrogens with zero attached hydrogens (tertiary/aromatic N) is 1. The lowest BCUT2D eigenvalue weighted by Crippen LogP contribution is -2.39. The zero-order chi connectivity index (χ0) is 14.8. The van der Waals surface area contributed by atoms with E-state index in [1.54, 1.807) is 12.1 Å². The van der Waals surface area contributed by atoms with Crippen LogP contribution >= 0.6 is 0 Å². The molecule has 0 atom stereocenters. The number of nitrogen functional groups attached to an aromatic ring is 1. The summed E-state index contributed by atoms with van der Waals surface area (Å²) in [7, 11) is 0. The number of anilines is 2. The maximum absolute atomic E-state index is 12.1. The Morgan fingerprint density at radius 2 is 2.10 bits per heavy atom. The molecule has 0 spiro atoms. The van der Waals surface area contributed by atoms with Gasteiger partial charge in [-0.3, -0.25) is 9.78 Å². The van der Waals surface area contributed by atoms with Gasteiger partial charge in [0, 0.05) is 19.2 Å². The van der Waals surface area contributed by atoms with Crippen molar-refractivity contribution in [3.8, 4) is 0 Å². The van der Waals surface area contributed by atoms with E-state index in [1.165, 1.54) is 6.42 Å². The summed E-state index contributed by atoms with van der Waals surface area (Å²) in [5, 5.41) is 3.03. The molecule has 2 aromatic rings. The molecule has 2 heterocycles. The van der Waals surface area contributed by atoms with Crippen LogP contribution in [0.4, 0.5) is 11.4 Å². The van der Waals surface area contributed by atoms with E-state index in [0.29, 0.717) is 22.5 Å². The van der Waals surface area contributed by atoms with Crippen molar-refractivity contribution >= 4 is 28.4 Å². The number of rotatable bonds is 3. The van der Waals surface area contributed by atoms with Gasteiger partial charge in [-0.15, -0.1) is 0 Å². The van der Waals surface area contributed by atoms with E-state index in [4.69, 9.17) is 10.2 Å². The molecule has 0 radical (unpaired) electrons. The summed E-state index contributed by atoms with van der Waals surface area (Å²) in [5.41, 5.74) is 7.92. The number of nitrogens with one attached hydrogen (secondary N) is 2. The molecule has 1 aliphatic heterocycles. The first-order valence-corrected chi connectivity index (χ1v) is 7.07. The van der Waals surface area contributed by atoms with E-state index >= 15 is 0 Å². The summed E-state index contributed by atoms with van der Waals surface area (Å²) >= 11 is 0. The Balaban J connectivity index is 1.70. The number of oxazole rings is 1. The summed E-state index contributed by atoms with van der Waals surface area (Å²) in [5.74, 6) is -0.458. The minimum Gasteiger partial charge on any atom is -0.408 e. The van der Waals surface area contributed by atoms with Gasteiger partial charge in [0.25, 0.3) is 0 Å². The predicted octanol–water partition coefficient (Wildman–Crippen LogP) is 1.13. The van der Waals surface area contributed by atoms with Crippen molar-refractivity contribution in [1.29, 1.82) is 0 Å². The average molecular weight is 290 g/mol. The molecule has 1 aromatic carbocycles. The van der Waals surface area contributed by atoms with Crippen LogP contribution in [0.3, 0.4) is 0 Å². The zero-order valence-corrected chi connectivity index (χ0v) is 11.6. The molecule has 0 unspecified atom stereocenters. The smallest absolute Gasteiger partial charge is 0.408 e. The number of carbonyl (C=O) groups is 1. The predicted molar refractivity (Wildman–Crippen MR) is 80.2 cm³/mol. The summed E-state index contributed by atoms with van der Waals surface area (Å²) in [6.07, 6.45) is 3.32. The molecule has 1 amide bonds. The first kappa shape index (κ1) is 13.5. The Hall–Kier alpha value is -2.44. The first-order valence-electron chi connectivity index (χ1n) is 7.07. The molecule has 7 nitrogen and oxygen atoms in total. The summed E-state index contributed by atoms with van der Waals surface area (Å²) in [6.45, 7) is 1.84. The molecule has 0 saturated carbocycles. The normalized spacial score (nSPS) is 15.3. The molecule has 7 heteroatoms. The topological polar surface area (TPSA) is 104 Å². The second-order valence-electron chi connectivity index (χ2n) is 5.25. The molecule has 3 rings (SSSR count). The van der Waals surface area contributed by atoms with Crippen molar-refractivity contribution < 1.29 is 9.21 Å². The highest BCUT2D eigenvalue weighted by Gasteiger charge is 2.16. The monoisotopic (exact) mass is 290 g/mol. The lowest BCUT2D eigenvalue weighted by atomic mass is 10.1. The van der Waals surface area contributed by atoms with Crippen molar-refractivity contribution in [3.63, 3.8) is 0 Å². The number of carbonyl (C=O) groups excluding carboxylic acids is 1. The van der Waals surface area contributed by atoms with Gasteiger partial charge in [-0.25, -0.2) is 4.79 Å². The van der Waals surface area contributed by atoms with E-state index in [2.05, 4.69) is 10.3 Å². The summed E-state index contributed by atoms with van der Waals surface area (Å²) in [6, 6.07) is 3.25. The zero-order valence-electron chi connectivity index (χ0n) is 11.6. The van der Waals surface area contributed by atoms with Crippen LogP contribution in [0.2, 0.25) is 0 Å². The Kier molecular flexibility index (Phi) is 3.55. The van der Waals surface area contributed by atoms with Crippen LogP contribution in [0.1, 0.15) is 19.3 Å². The summed E-state index contributed by atoms with van der Waals surface area (Å²) in [4.78, 5) is 27.7. The number of aromatic nitrogens is 1. The molecule has 1 aromatic heterocycles. The molecule has 4 N–H and O–H groups in total. The highest BCUT2D eigenvalue weighted by molar-refractivity contribution is 5.87. The number of nitrogens with two attached hydrogens (primary N) is 1. The number of aromatic amines is 1. The maximum atomic E-state index is 12.1. The number of piperidine rings is 1. The molecule has 21 heavy (non-hydrogen) atoms. The quantitative estimate of drug-likeness (QED) is 0.735. The van der Waals surface area contributed by atoms with Gasteiger partial charge in [0.15, 0.2) is 5.58 Å². The molecule has 0 aliphatic carbocycles. The maximum Gasteiger partial charge on any atom is 0.417 e. The third kappa shape index (κ3) is 2.86. The van der Waals surface area contributed by atoms with Crippen LogP contribution in [0.15, 0.2) is 21.3 Å². The van der Waals surface area contributed by atoms with Crippen molar-refractivity contribution in [2.75, 3.05) is 30.7 Å². The van der Waals surface area contributed by atoms with Gasteiger partial charge >= 0.3 is 5.76 Å².